The van der Waals surface area contributed by atoms with Crippen LogP contribution in [0.5, 0.6) is 0 Å². The van der Waals surface area contributed by atoms with Crippen molar-refractivity contribution >= 4 is 0 Å². The summed E-state index contributed by atoms with van der Waals surface area (Å²) in [7, 11) is 0. The Labute approximate surface area is 60.9 Å². The highest BCUT2D eigenvalue weighted by Gasteiger charge is 2.15. The van der Waals surface area contributed by atoms with E-state index in [9.17, 15) is 10.1 Å². The molecule has 0 aromatic carbocycles. The minimum Gasteiger partial charge on any atom is -0.235 e. The molecule has 0 N–H and O–H groups in total. The molecule has 0 spiro atoms. The Morgan fingerprint density at radius 2 is 2.10 bits per heavy atom. The van der Waals surface area contributed by atoms with Gasteiger partial charge in [0.2, 0.25) is 0 Å². The lowest BCUT2D eigenvalue weighted by molar-refractivity contribution is -0.662. The van der Waals surface area contributed by atoms with Gasteiger partial charge in [0, 0.05) is 0 Å². The van der Waals surface area contributed by atoms with Gasteiger partial charge < -0.3 is 0 Å². The van der Waals surface area contributed by atoms with Crippen LogP contribution in [0, 0.1) is 10.1 Å². The quantitative estimate of drug-likeness (QED) is 0.443. The van der Waals surface area contributed by atoms with Crippen LogP contribution in [0.3, 0.4) is 0 Å². The highest BCUT2D eigenvalue weighted by atomic mass is 16.7. The Morgan fingerprint density at radius 1 is 1.60 bits per heavy atom. The smallest absolute Gasteiger partial charge is 0.160 e. The van der Waals surface area contributed by atoms with Gasteiger partial charge in [0.15, 0.2) is 5.03 Å². The number of hydrazine groups is 1. The highest BCUT2D eigenvalue weighted by molar-refractivity contribution is 4.49. The summed E-state index contributed by atoms with van der Waals surface area (Å²) in [6.45, 7) is 6.10. The lowest BCUT2D eigenvalue weighted by Crippen LogP contribution is -2.36. The van der Waals surface area contributed by atoms with Crippen molar-refractivity contribution in [2.24, 2.45) is 0 Å². The average molecular weight is 146 g/mol. The van der Waals surface area contributed by atoms with Crippen molar-refractivity contribution in [3.05, 3.63) is 10.1 Å². The summed E-state index contributed by atoms with van der Waals surface area (Å²) in [6.07, 6.45) is 0.819. The van der Waals surface area contributed by atoms with Gasteiger partial charge in [-0.25, -0.2) is 10.1 Å². The monoisotopic (exact) mass is 146 g/mol. The maximum Gasteiger partial charge on any atom is 0.160 e. The molecule has 0 aliphatic carbocycles. The van der Waals surface area contributed by atoms with Crippen LogP contribution in [0.2, 0.25) is 0 Å². The van der Waals surface area contributed by atoms with Crippen LogP contribution in [-0.2, 0) is 0 Å². The van der Waals surface area contributed by atoms with Crippen molar-refractivity contribution in [1.29, 1.82) is 0 Å². The van der Waals surface area contributed by atoms with Gasteiger partial charge in [-0.1, -0.05) is 6.92 Å². The first-order valence-electron chi connectivity index (χ1n) is 3.50. The molecule has 0 rings (SSSR count). The Hall–Kier alpha value is -0.800. The zero-order valence-electron chi connectivity index (χ0n) is 6.70. The van der Waals surface area contributed by atoms with Crippen molar-refractivity contribution in [2.75, 3.05) is 6.54 Å². The molecular weight excluding hydrogens is 132 g/mol. The van der Waals surface area contributed by atoms with E-state index >= 15 is 0 Å². The van der Waals surface area contributed by atoms with Crippen LogP contribution in [0.15, 0.2) is 0 Å². The standard InChI is InChI=1S/C6H14N2O2/c1-4-5-7(6(2)3)8(9)10/h6H,4-5H2,1-3H3. The molecule has 0 fully saturated rings. The lowest BCUT2D eigenvalue weighted by Gasteiger charge is -2.16. The van der Waals surface area contributed by atoms with Crippen LogP contribution in [0.4, 0.5) is 0 Å². The Balaban J connectivity index is 3.85. The van der Waals surface area contributed by atoms with Crippen molar-refractivity contribution in [1.82, 2.24) is 5.01 Å². The maximum absolute atomic E-state index is 10.3. The predicted molar refractivity (Wildman–Crippen MR) is 39.1 cm³/mol. The Kier molecular flexibility index (Phi) is 3.76. The van der Waals surface area contributed by atoms with Crippen molar-refractivity contribution in [2.45, 2.75) is 33.2 Å². The molecular formula is C6H14N2O2. The molecule has 0 unspecified atom stereocenters. The molecule has 0 amide bonds. The topological polar surface area (TPSA) is 46.4 Å². The third-order valence-corrected chi connectivity index (χ3v) is 1.26. The van der Waals surface area contributed by atoms with E-state index in [1.54, 1.807) is 0 Å². The first-order chi connectivity index (χ1) is 4.59. The number of rotatable bonds is 4. The molecule has 0 heterocycles. The zero-order valence-corrected chi connectivity index (χ0v) is 6.70. The summed E-state index contributed by atoms with van der Waals surface area (Å²) in [4.78, 5) is 10.3. The zero-order chi connectivity index (χ0) is 8.15. The molecule has 0 aromatic heterocycles. The van der Waals surface area contributed by atoms with Crippen LogP contribution < -0.4 is 0 Å². The Morgan fingerprint density at radius 3 is 2.20 bits per heavy atom. The fourth-order valence-electron chi connectivity index (χ4n) is 0.758. The van der Waals surface area contributed by atoms with Crippen LogP contribution in [-0.4, -0.2) is 22.6 Å². The van der Waals surface area contributed by atoms with Crippen LogP contribution in [0.25, 0.3) is 0 Å². The number of hydrogen-bond donors (Lipinski definition) is 0. The number of nitrogens with zero attached hydrogens (tertiary/aromatic N) is 2. The van der Waals surface area contributed by atoms with Gasteiger partial charge in [0.05, 0.1) is 12.6 Å². The van der Waals surface area contributed by atoms with Crippen molar-refractivity contribution in [3.63, 3.8) is 0 Å². The third kappa shape index (κ3) is 2.66. The highest BCUT2D eigenvalue weighted by Crippen LogP contribution is 1.98. The molecule has 60 valence electrons. The summed E-state index contributed by atoms with van der Waals surface area (Å²) >= 11 is 0. The van der Waals surface area contributed by atoms with E-state index in [0.29, 0.717) is 6.54 Å². The summed E-state index contributed by atoms with van der Waals surface area (Å²) < 4.78 is 0. The van der Waals surface area contributed by atoms with Crippen LogP contribution in [0.1, 0.15) is 27.2 Å². The van der Waals surface area contributed by atoms with E-state index < -0.39 is 0 Å². The first kappa shape index (κ1) is 9.20. The van der Waals surface area contributed by atoms with Gasteiger partial charge in [-0.05, 0) is 20.3 Å². The van der Waals surface area contributed by atoms with E-state index in [1.165, 1.54) is 5.01 Å². The predicted octanol–water partition coefficient (Wildman–Crippen LogP) is 1.30. The Bertz CT molecular complexity index is 114. The minimum atomic E-state index is -0.339. The van der Waals surface area contributed by atoms with E-state index in [4.69, 9.17) is 0 Å². The van der Waals surface area contributed by atoms with E-state index in [2.05, 4.69) is 0 Å². The second-order valence-corrected chi connectivity index (χ2v) is 2.49. The van der Waals surface area contributed by atoms with Gasteiger partial charge in [-0.15, -0.1) is 5.01 Å². The van der Waals surface area contributed by atoms with Gasteiger partial charge in [-0.3, -0.25) is 0 Å². The molecule has 0 aromatic rings. The molecule has 4 heteroatoms. The van der Waals surface area contributed by atoms with Gasteiger partial charge in [0.1, 0.15) is 0 Å². The minimum absolute atomic E-state index is 0.00468. The molecule has 10 heavy (non-hydrogen) atoms. The van der Waals surface area contributed by atoms with Crippen molar-refractivity contribution in [3.8, 4) is 0 Å². The van der Waals surface area contributed by atoms with E-state index in [1.807, 2.05) is 20.8 Å². The van der Waals surface area contributed by atoms with Crippen LogP contribution >= 0.6 is 0 Å². The van der Waals surface area contributed by atoms with Gasteiger partial charge in [0.25, 0.3) is 0 Å². The summed E-state index contributed by atoms with van der Waals surface area (Å²) in [5, 5.41) is 11.2. The molecule has 0 saturated carbocycles. The molecule has 0 saturated heterocycles. The maximum atomic E-state index is 10.3. The molecule has 0 aliphatic rings. The number of nitro groups is 1. The number of hydrogen-bond acceptors (Lipinski definition) is 2. The second-order valence-electron chi connectivity index (χ2n) is 2.49. The van der Waals surface area contributed by atoms with E-state index in [-0.39, 0.29) is 11.1 Å². The van der Waals surface area contributed by atoms with Gasteiger partial charge >= 0.3 is 0 Å². The molecule has 0 atom stereocenters. The summed E-state index contributed by atoms with van der Waals surface area (Å²) in [6, 6.07) is -0.00468. The summed E-state index contributed by atoms with van der Waals surface area (Å²) in [5.74, 6) is 0. The fourth-order valence-corrected chi connectivity index (χ4v) is 0.758. The van der Waals surface area contributed by atoms with Crippen molar-refractivity contribution < 1.29 is 5.03 Å². The normalized spacial score (nSPS) is 10.0. The largest absolute Gasteiger partial charge is 0.235 e. The molecule has 4 nitrogen and oxygen atoms in total. The molecule has 0 radical (unpaired) electrons. The average Bonchev–Trinajstić information content (AvgIpc) is 1.81. The second kappa shape index (κ2) is 4.09. The SMILES string of the molecule is CCCN(C(C)C)[N+](=O)[O-]. The molecule has 0 aliphatic heterocycles. The van der Waals surface area contributed by atoms with Gasteiger partial charge in [-0.2, -0.15) is 0 Å². The first-order valence-corrected chi connectivity index (χ1v) is 3.50. The lowest BCUT2D eigenvalue weighted by atomic mass is 10.3. The summed E-state index contributed by atoms with van der Waals surface area (Å²) in [5.41, 5.74) is 0. The molecule has 0 bridgehead atoms. The van der Waals surface area contributed by atoms with E-state index in [0.717, 1.165) is 6.42 Å². The third-order valence-electron chi connectivity index (χ3n) is 1.26. The fraction of sp³-hybridized carbons (Fsp3) is 1.00.